The van der Waals surface area contributed by atoms with Gasteiger partial charge in [-0.15, -0.1) is 0 Å². The van der Waals surface area contributed by atoms with Crippen LogP contribution in [0, 0.1) is 0 Å². The maximum atomic E-state index is 12.6. The van der Waals surface area contributed by atoms with E-state index in [1.165, 1.54) is 30.4 Å². The Hall–Kier alpha value is -4.59. The lowest BCUT2D eigenvalue weighted by Gasteiger charge is -2.19. The van der Waals surface area contributed by atoms with E-state index < -0.39 is 11.5 Å². The van der Waals surface area contributed by atoms with E-state index in [0.717, 1.165) is 5.39 Å². The van der Waals surface area contributed by atoms with Crippen molar-refractivity contribution in [1.82, 2.24) is 0 Å². The molecule has 4 aromatic rings. The molecule has 4 rings (SSSR count). The molecule has 0 aliphatic heterocycles. The van der Waals surface area contributed by atoms with Crippen molar-refractivity contribution >= 4 is 34.6 Å². The number of para-hydroxylation sites is 1. The Morgan fingerprint density at radius 2 is 1.91 bits per heavy atom. The van der Waals surface area contributed by atoms with Crippen LogP contribution in [0.2, 0.25) is 0 Å². The number of nitrogens with two attached hydrogens (primary N) is 1. The molecule has 0 bridgehead atoms. The number of furan rings is 1. The number of fused-ring (bicyclic) bond motifs is 1. The number of hydrogen-bond donors (Lipinski definition) is 1. The number of hydrogen-bond acceptors (Lipinski definition) is 5. The molecule has 33 heavy (non-hydrogen) atoms. The van der Waals surface area contributed by atoms with Crippen molar-refractivity contribution < 1.29 is 18.4 Å². The number of ether oxygens (including phenoxy) is 1. The van der Waals surface area contributed by atoms with Crippen molar-refractivity contribution in [2.45, 2.75) is 0 Å². The van der Waals surface area contributed by atoms with Crippen LogP contribution in [0.15, 0.2) is 91.6 Å². The van der Waals surface area contributed by atoms with Gasteiger partial charge in [0.05, 0.1) is 18.9 Å². The summed E-state index contributed by atoms with van der Waals surface area (Å²) in [6.07, 6.45) is 4.28. The highest BCUT2D eigenvalue weighted by Gasteiger charge is 2.15. The summed E-state index contributed by atoms with van der Waals surface area (Å²) < 4.78 is 16.1. The lowest BCUT2D eigenvalue weighted by molar-refractivity contribution is -0.113. The van der Waals surface area contributed by atoms with Crippen LogP contribution in [-0.2, 0) is 4.79 Å². The first kappa shape index (κ1) is 21.6. The maximum Gasteiger partial charge on any atom is 0.344 e. The molecule has 0 spiro atoms. The Bertz CT molecular complexity index is 1420. The number of aliphatic imine (C=N–C) groups is 1. The fourth-order valence-corrected chi connectivity index (χ4v) is 3.26. The second-order valence-corrected chi connectivity index (χ2v) is 7.09. The summed E-state index contributed by atoms with van der Waals surface area (Å²) in [5.74, 6) is 0.431. The van der Waals surface area contributed by atoms with Gasteiger partial charge in [0, 0.05) is 35.8 Å². The van der Waals surface area contributed by atoms with Crippen LogP contribution < -0.4 is 21.0 Å². The van der Waals surface area contributed by atoms with Gasteiger partial charge in [0.25, 0.3) is 5.91 Å². The van der Waals surface area contributed by atoms with E-state index in [2.05, 4.69) is 4.99 Å². The molecule has 0 saturated carbocycles. The number of benzene rings is 2. The van der Waals surface area contributed by atoms with Crippen molar-refractivity contribution in [2.24, 2.45) is 10.7 Å². The molecule has 2 aromatic carbocycles. The molecule has 8 nitrogen and oxygen atoms in total. The van der Waals surface area contributed by atoms with Crippen molar-refractivity contribution in [1.29, 1.82) is 0 Å². The van der Waals surface area contributed by atoms with Gasteiger partial charge >= 0.3 is 5.63 Å². The minimum Gasteiger partial charge on any atom is -0.496 e. The molecule has 166 valence electrons. The topological polar surface area (TPSA) is 111 Å². The molecule has 0 aliphatic carbocycles. The van der Waals surface area contributed by atoms with E-state index >= 15 is 0 Å². The number of nitrogens with zero attached hydrogens (tertiary/aromatic N) is 2. The average Bonchev–Trinajstić information content (AvgIpc) is 3.35. The minimum atomic E-state index is -0.534. The minimum absolute atomic E-state index is 0.0101. The van der Waals surface area contributed by atoms with Gasteiger partial charge in [-0.2, -0.15) is 4.99 Å². The molecule has 0 radical (unpaired) electrons. The van der Waals surface area contributed by atoms with Gasteiger partial charge < -0.3 is 24.2 Å². The van der Waals surface area contributed by atoms with Crippen LogP contribution in [0.3, 0.4) is 0 Å². The second kappa shape index (κ2) is 9.27. The summed E-state index contributed by atoms with van der Waals surface area (Å²) in [7, 11) is 3.17. The molecule has 2 heterocycles. The number of amides is 1. The van der Waals surface area contributed by atoms with Crippen LogP contribution in [0.25, 0.3) is 28.2 Å². The van der Waals surface area contributed by atoms with Gasteiger partial charge in [0.1, 0.15) is 17.1 Å². The van der Waals surface area contributed by atoms with Gasteiger partial charge in [-0.05, 0) is 42.5 Å². The Kier molecular flexibility index (Phi) is 6.08. The first-order chi connectivity index (χ1) is 16.0. The maximum absolute atomic E-state index is 12.6. The van der Waals surface area contributed by atoms with Gasteiger partial charge in [0.15, 0.2) is 0 Å². The molecule has 2 N–H and O–H groups in total. The molecule has 0 unspecified atom stereocenters. The highest BCUT2D eigenvalue weighted by molar-refractivity contribution is 6.05. The third-order valence-electron chi connectivity index (χ3n) is 5.01. The highest BCUT2D eigenvalue weighted by Crippen LogP contribution is 2.33. The Morgan fingerprint density at radius 1 is 1.09 bits per heavy atom. The van der Waals surface area contributed by atoms with Gasteiger partial charge in [-0.3, -0.25) is 4.79 Å². The molecule has 0 atom stereocenters. The molecule has 0 saturated heterocycles. The van der Waals surface area contributed by atoms with Crippen LogP contribution in [-0.4, -0.2) is 26.0 Å². The third-order valence-corrected chi connectivity index (χ3v) is 5.01. The average molecular weight is 443 g/mol. The Labute approximate surface area is 189 Å². The SMILES string of the molecule is COc1cc(N(C)C(N)=NC(=O)/C=C/c2ccco2)ccc1-c1cc2ccccc2oc1=O. The standard InChI is InChI=1S/C25H21N3O5/c1-28(25(26)27-23(29)12-10-18-7-5-13-32-18)17-9-11-19(22(15-17)31-2)20-14-16-6-3-4-8-21(16)33-24(20)30/h3-15H,1-2H3,(H2,26,27,29)/b12-10+. The number of methoxy groups -OCH3 is 1. The Morgan fingerprint density at radius 3 is 2.67 bits per heavy atom. The predicted molar refractivity (Wildman–Crippen MR) is 127 cm³/mol. The predicted octanol–water partition coefficient (Wildman–Crippen LogP) is 4.05. The largest absolute Gasteiger partial charge is 0.496 e. The zero-order valence-corrected chi connectivity index (χ0v) is 18.0. The number of carbonyl (C=O) groups is 1. The van der Waals surface area contributed by atoms with Crippen molar-refractivity contribution in [2.75, 3.05) is 19.1 Å². The van der Waals surface area contributed by atoms with Crippen molar-refractivity contribution in [3.63, 3.8) is 0 Å². The number of anilines is 1. The summed E-state index contributed by atoms with van der Waals surface area (Å²) in [5, 5.41) is 0.799. The van der Waals surface area contributed by atoms with E-state index in [0.29, 0.717) is 33.9 Å². The lowest BCUT2D eigenvalue weighted by Crippen LogP contribution is -2.34. The molecular weight excluding hydrogens is 422 g/mol. The van der Waals surface area contributed by atoms with Crippen LogP contribution in [0.4, 0.5) is 5.69 Å². The zero-order chi connectivity index (χ0) is 23.4. The van der Waals surface area contributed by atoms with Crippen LogP contribution in [0.5, 0.6) is 5.75 Å². The first-order valence-electron chi connectivity index (χ1n) is 10.0. The van der Waals surface area contributed by atoms with E-state index in [4.69, 9.17) is 19.3 Å². The van der Waals surface area contributed by atoms with Crippen molar-refractivity contribution in [3.05, 3.63) is 89.2 Å². The quantitative estimate of drug-likeness (QED) is 0.214. The molecule has 0 aliphatic rings. The summed E-state index contributed by atoms with van der Waals surface area (Å²) in [6, 6.07) is 17.7. The summed E-state index contributed by atoms with van der Waals surface area (Å²) in [5.41, 5.74) is 7.62. The van der Waals surface area contributed by atoms with E-state index in [1.54, 1.807) is 55.6 Å². The van der Waals surface area contributed by atoms with Crippen LogP contribution in [0.1, 0.15) is 5.76 Å². The third kappa shape index (κ3) is 4.69. The monoisotopic (exact) mass is 443 g/mol. The number of carbonyl (C=O) groups excluding carboxylic acids is 1. The normalized spacial score (nSPS) is 11.8. The van der Waals surface area contributed by atoms with Gasteiger partial charge in [-0.25, -0.2) is 4.79 Å². The van der Waals surface area contributed by atoms with E-state index in [1.807, 2.05) is 12.1 Å². The second-order valence-electron chi connectivity index (χ2n) is 7.09. The van der Waals surface area contributed by atoms with Gasteiger partial charge in [0.2, 0.25) is 5.96 Å². The van der Waals surface area contributed by atoms with E-state index in [-0.39, 0.29) is 5.96 Å². The fraction of sp³-hybridized carbons (Fsp3) is 0.0800. The lowest BCUT2D eigenvalue weighted by atomic mass is 10.0. The molecular formula is C25H21N3O5. The summed E-state index contributed by atoms with van der Waals surface area (Å²) in [4.78, 5) is 30.1. The molecule has 8 heteroatoms. The highest BCUT2D eigenvalue weighted by atomic mass is 16.5. The zero-order valence-electron chi connectivity index (χ0n) is 18.0. The summed E-state index contributed by atoms with van der Waals surface area (Å²) >= 11 is 0. The number of rotatable bonds is 5. The van der Waals surface area contributed by atoms with E-state index in [9.17, 15) is 9.59 Å². The van der Waals surface area contributed by atoms with Gasteiger partial charge in [-0.1, -0.05) is 18.2 Å². The fourth-order valence-electron chi connectivity index (χ4n) is 3.26. The number of guanidine groups is 1. The molecule has 2 aromatic heterocycles. The Balaban J connectivity index is 1.62. The molecule has 1 amide bonds. The first-order valence-corrected chi connectivity index (χ1v) is 10.0. The summed E-state index contributed by atoms with van der Waals surface area (Å²) in [6.45, 7) is 0. The smallest absolute Gasteiger partial charge is 0.344 e. The van der Waals surface area contributed by atoms with Crippen molar-refractivity contribution in [3.8, 4) is 16.9 Å². The molecule has 0 fully saturated rings. The van der Waals surface area contributed by atoms with Crippen LogP contribution >= 0.6 is 0 Å².